The van der Waals surface area contributed by atoms with Gasteiger partial charge in [0.25, 0.3) is 0 Å². The third kappa shape index (κ3) is 1.36. The molecule has 2 N–H and O–H groups in total. The van der Waals surface area contributed by atoms with Gasteiger partial charge < -0.3 is 10.3 Å². The summed E-state index contributed by atoms with van der Waals surface area (Å²) in [6.45, 7) is 0.539. The molecule has 4 unspecified atom stereocenters. The lowest BCUT2D eigenvalue weighted by atomic mass is 10.0. The zero-order valence-corrected chi connectivity index (χ0v) is 9.73. The first-order chi connectivity index (χ1) is 8.34. The van der Waals surface area contributed by atoms with E-state index in [0.717, 1.165) is 29.5 Å². The van der Waals surface area contributed by atoms with E-state index >= 15 is 0 Å². The summed E-state index contributed by atoms with van der Waals surface area (Å²) in [6.07, 6.45) is 7.64. The minimum absolute atomic E-state index is 0.257. The second-order valence-electron chi connectivity index (χ2n) is 5.77. The number of fused-ring (bicyclic) bond motifs is 5. The lowest BCUT2D eigenvalue weighted by Gasteiger charge is -2.08. The first-order valence-electron chi connectivity index (χ1n) is 6.60. The molecule has 4 heteroatoms. The van der Waals surface area contributed by atoms with Crippen molar-refractivity contribution in [2.75, 3.05) is 0 Å². The molecule has 17 heavy (non-hydrogen) atoms. The SMILES string of the molecule is O=C(NCc1ncc[nH]1)C1C2C3CCC(C3)C12. The van der Waals surface area contributed by atoms with Crippen LogP contribution in [0, 0.1) is 29.6 Å². The van der Waals surface area contributed by atoms with Crippen molar-refractivity contribution in [3.05, 3.63) is 18.2 Å². The molecule has 2 bridgehead atoms. The van der Waals surface area contributed by atoms with Gasteiger partial charge in [-0.1, -0.05) is 0 Å². The Morgan fingerprint density at radius 3 is 2.82 bits per heavy atom. The Morgan fingerprint density at radius 1 is 1.41 bits per heavy atom. The predicted octanol–water partition coefficient (Wildman–Crippen LogP) is 1.32. The number of nitrogens with zero attached hydrogens (tertiary/aromatic N) is 1. The van der Waals surface area contributed by atoms with Crippen molar-refractivity contribution in [2.24, 2.45) is 29.6 Å². The maximum atomic E-state index is 12.1. The normalized spacial score (nSPS) is 41.3. The molecule has 1 amide bonds. The zero-order valence-electron chi connectivity index (χ0n) is 9.73. The molecule has 3 fully saturated rings. The Hall–Kier alpha value is -1.32. The van der Waals surface area contributed by atoms with E-state index in [9.17, 15) is 4.79 Å². The quantitative estimate of drug-likeness (QED) is 0.824. The maximum absolute atomic E-state index is 12.1. The van der Waals surface area contributed by atoms with Crippen LogP contribution in [-0.2, 0) is 11.3 Å². The molecule has 4 rings (SSSR count). The number of imidazole rings is 1. The summed E-state index contributed by atoms with van der Waals surface area (Å²) < 4.78 is 0. The van der Waals surface area contributed by atoms with Crippen LogP contribution in [0.2, 0.25) is 0 Å². The van der Waals surface area contributed by atoms with Crippen LogP contribution in [0.1, 0.15) is 25.1 Å². The van der Waals surface area contributed by atoms with Crippen LogP contribution in [0.4, 0.5) is 0 Å². The van der Waals surface area contributed by atoms with Crippen molar-refractivity contribution in [1.29, 1.82) is 0 Å². The molecular formula is C13H17N3O. The van der Waals surface area contributed by atoms with E-state index in [0.29, 0.717) is 12.5 Å². The number of H-pyrrole nitrogens is 1. The number of nitrogens with one attached hydrogen (secondary N) is 2. The molecule has 0 spiro atoms. The molecular weight excluding hydrogens is 214 g/mol. The Bertz CT molecular complexity index is 426. The van der Waals surface area contributed by atoms with Gasteiger partial charge in [-0.05, 0) is 42.9 Å². The van der Waals surface area contributed by atoms with Crippen LogP contribution < -0.4 is 5.32 Å². The molecule has 0 aliphatic heterocycles. The molecule has 1 aromatic rings. The lowest BCUT2D eigenvalue weighted by Crippen LogP contribution is -2.27. The van der Waals surface area contributed by atoms with Gasteiger partial charge in [0.2, 0.25) is 5.91 Å². The Labute approximate surface area is 100 Å². The van der Waals surface area contributed by atoms with Gasteiger partial charge in [-0.25, -0.2) is 4.98 Å². The van der Waals surface area contributed by atoms with Crippen LogP contribution >= 0.6 is 0 Å². The van der Waals surface area contributed by atoms with Crippen molar-refractivity contribution < 1.29 is 4.79 Å². The summed E-state index contributed by atoms with van der Waals surface area (Å²) in [4.78, 5) is 19.2. The fourth-order valence-corrected chi connectivity index (χ4v) is 4.36. The fraction of sp³-hybridized carbons (Fsp3) is 0.692. The largest absolute Gasteiger partial charge is 0.349 e. The van der Waals surface area contributed by atoms with Gasteiger partial charge in [0, 0.05) is 18.3 Å². The second kappa shape index (κ2) is 3.34. The first kappa shape index (κ1) is 9.68. The number of rotatable bonds is 3. The molecule has 3 aliphatic carbocycles. The number of hydrogen-bond acceptors (Lipinski definition) is 2. The number of aromatic amines is 1. The Balaban J connectivity index is 1.37. The van der Waals surface area contributed by atoms with Crippen LogP contribution in [0.15, 0.2) is 12.4 Å². The average Bonchev–Trinajstić information content (AvgIpc) is 2.80. The molecule has 1 heterocycles. The van der Waals surface area contributed by atoms with Crippen molar-refractivity contribution in [3.63, 3.8) is 0 Å². The van der Waals surface area contributed by atoms with Gasteiger partial charge in [-0.3, -0.25) is 4.79 Å². The third-order valence-electron chi connectivity index (χ3n) is 5.02. The van der Waals surface area contributed by atoms with Crippen molar-refractivity contribution in [1.82, 2.24) is 15.3 Å². The van der Waals surface area contributed by atoms with Crippen LogP contribution in [0.25, 0.3) is 0 Å². The fourth-order valence-electron chi connectivity index (χ4n) is 4.36. The molecule has 3 aliphatic rings. The summed E-state index contributed by atoms with van der Waals surface area (Å²) in [5.41, 5.74) is 0. The Morgan fingerprint density at radius 2 is 2.18 bits per heavy atom. The standard InChI is InChI=1S/C13H17N3O/c17-13(16-6-9-14-3-4-15-9)12-10-7-1-2-8(5-7)11(10)12/h3-4,7-8,10-12H,1-2,5-6H2,(H,14,15)(H,16,17). The highest BCUT2D eigenvalue weighted by atomic mass is 16.2. The summed E-state index contributed by atoms with van der Waals surface area (Å²) in [5, 5.41) is 3.01. The highest BCUT2D eigenvalue weighted by molar-refractivity contribution is 5.82. The second-order valence-corrected chi connectivity index (χ2v) is 5.77. The van der Waals surface area contributed by atoms with Gasteiger partial charge in [0.15, 0.2) is 0 Å². The molecule has 0 aromatic carbocycles. The summed E-state index contributed by atoms with van der Waals surface area (Å²) in [5.74, 6) is 4.61. The van der Waals surface area contributed by atoms with Crippen LogP contribution in [0.3, 0.4) is 0 Å². The number of amides is 1. The number of hydrogen-bond donors (Lipinski definition) is 2. The average molecular weight is 231 g/mol. The summed E-state index contributed by atoms with van der Waals surface area (Å²) >= 11 is 0. The van der Waals surface area contributed by atoms with Crippen LogP contribution in [-0.4, -0.2) is 15.9 Å². The highest BCUT2D eigenvalue weighted by Crippen LogP contribution is 2.69. The van der Waals surface area contributed by atoms with Crippen molar-refractivity contribution in [2.45, 2.75) is 25.8 Å². The summed E-state index contributed by atoms with van der Waals surface area (Å²) in [6, 6.07) is 0. The topological polar surface area (TPSA) is 57.8 Å². The van der Waals surface area contributed by atoms with E-state index in [4.69, 9.17) is 0 Å². The van der Waals surface area contributed by atoms with E-state index in [2.05, 4.69) is 15.3 Å². The van der Waals surface area contributed by atoms with Gasteiger partial charge >= 0.3 is 0 Å². The highest BCUT2D eigenvalue weighted by Gasteiger charge is 2.67. The van der Waals surface area contributed by atoms with Gasteiger partial charge in [-0.2, -0.15) is 0 Å². The molecule has 3 saturated carbocycles. The van der Waals surface area contributed by atoms with E-state index in [1.54, 1.807) is 12.4 Å². The zero-order chi connectivity index (χ0) is 11.4. The molecule has 90 valence electrons. The smallest absolute Gasteiger partial charge is 0.224 e. The number of aromatic nitrogens is 2. The van der Waals surface area contributed by atoms with Crippen LogP contribution in [0.5, 0.6) is 0 Å². The molecule has 1 aromatic heterocycles. The van der Waals surface area contributed by atoms with E-state index < -0.39 is 0 Å². The van der Waals surface area contributed by atoms with Crippen molar-refractivity contribution >= 4 is 5.91 Å². The van der Waals surface area contributed by atoms with E-state index in [-0.39, 0.29) is 5.91 Å². The number of carbonyl (C=O) groups excluding carboxylic acids is 1. The minimum atomic E-state index is 0.257. The minimum Gasteiger partial charge on any atom is -0.349 e. The monoisotopic (exact) mass is 231 g/mol. The first-order valence-corrected chi connectivity index (χ1v) is 6.60. The summed E-state index contributed by atoms with van der Waals surface area (Å²) in [7, 11) is 0. The van der Waals surface area contributed by atoms with Gasteiger partial charge in [0.1, 0.15) is 5.82 Å². The third-order valence-corrected chi connectivity index (χ3v) is 5.02. The van der Waals surface area contributed by atoms with Gasteiger partial charge in [-0.15, -0.1) is 0 Å². The van der Waals surface area contributed by atoms with Gasteiger partial charge in [0.05, 0.1) is 6.54 Å². The van der Waals surface area contributed by atoms with E-state index in [1.165, 1.54) is 19.3 Å². The molecule has 4 atom stereocenters. The predicted molar refractivity (Wildman–Crippen MR) is 61.7 cm³/mol. The van der Waals surface area contributed by atoms with Crippen molar-refractivity contribution in [3.8, 4) is 0 Å². The maximum Gasteiger partial charge on any atom is 0.224 e. The van der Waals surface area contributed by atoms with E-state index in [1.807, 2.05) is 0 Å². The Kier molecular flexibility index (Phi) is 1.90. The molecule has 4 nitrogen and oxygen atoms in total. The molecule has 0 radical (unpaired) electrons. The lowest BCUT2D eigenvalue weighted by molar-refractivity contribution is -0.123. The number of carbonyl (C=O) groups is 1. The molecule has 0 saturated heterocycles.